The molecular formula is C29H34F4N8O3. The number of hydrogen-bond donors (Lipinski definition) is 1. The molecule has 2 N–H and O–H groups in total. The second kappa shape index (κ2) is 12.5. The summed E-state index contributed by atoms with van der Waals surface area (Å²) in [5.74, 6) is -1.60. The van der Waals surface area contributed by atoms with Crippen LogP contribution in [0.2, 0.25) is 0 Å². The van der Waals surface area contributed by atoms with Gasteiger partial charge in [-0.05, 0) is 45.0 Å². The van der Waals surface area contributed by atoms with E-state index >= 15 is 0 Å². The lowest BCUT2D eigenvalue weighted by molar-refractivity contribution is -0.140. The number of anilines is 2. The minimum atomic E-state index is -4.68. The number of pyridine rings is 1. The molecule has 44 heavy (non-hydrogen) atoms. The van der Waals surface area contributed by atoms with Crippen molar-refractivity contribution in [2.24, 2.45) is 0 Å². The highest BCUT2D eigenvalue weighted by Crippen LogP contribution is 2.42. The van der Waals surface area contributed by atoms with Crippen LogP contribution in [0.15, 0.2) is 18.5 Å². The molecular weight excluding hydrogens is 584 g/mol. The van der Waals surface area contributed by atoms with E-state index in [1.165, 1.54) is 17.9 Å². The number of ether oxygens (including phenoxy) is 2. The Morgan fingerprint density at radius 3 is 2.68 bits per heavy atom. The maximum absolute atomic E-state index is 14.1. The minimum Gasteiger partial charge on any atom is -0.462 e. The number of carbonyl (C=O) groups excluding carboxylic acids is 1. The molecule has 3 atom stereocenters. The third-order valence-corrected chi connectivity index (χ3v) is 8.36. The van der Waals surface area contributed by atoms with Crippen molar-refractivity contribution in [2.75, 3.05) is 57.0 Å². The Morgan fingerprint density at radius 1 is 1.25 bits per heavy atom. The summed E-state index contributed by atoms with van der Waals surface area (Å²) in [6.45, 7) is 13.4. The number of piperazine rings is 1. The number of aryl methyl sites for hydroxylation is 1. The fourth-order valence-corrected chi connectivity index (χ4v) is 6.15. The average Bonchev–Trinajstić information content (AvgIpc) is 3.38. The second-order valence-electron chi connectivity index (χ2n) is 11.3. The molecule has 2 aromatic rings. The van der Waals surface area contributed by atoms with Crippen molar-refractivity contribution in [3.63, 3.8) is 0 Å². The Labute approximate surface area is 252 Å². The van der Waals surface area contributed by atoms with E-state index < -0.39 is 35.6 Å². The van der Waals surface area contributed by atoms with E-state index in [9.17, 15) is 22.4 Å². The van der Waals surface area contributed by atoms with Gasteiger partial charge in [0.15, 0.2) is 5.83 Å². The van der Waals surface area contributed by atoms with Gasteiger partial charge in [0, 0.05) is 37.7 Å². The predicted octanol–water partition coefficient (Wildman–Crippen LogP) is 3.49. The van der Waals surface area contributed by atoms with E-state index in [4.69, 9.17) is 21.8 Å². The molecule has 5 heterocycles. The number of hydrogen-bond acceptors (Lipinski definition) is 9. The van der Waals surface area contributed by atoms with Gasteiger partial charge in [-0.1, -0.05) is 6.58 Å². The first-order valence-electron chi connectivity index (χ1n) is 14.3. The lowest BCUT2D eigenvalue weighted by Crippen LogP contribution is -2.57. The van der Waals surface area contributed by atoms with Gasteiger partial charge < -0.3 is 34.8 Å². The maximum Gasteiger partial charge on any atom is 0.418 e. The molecule has 3 aliphatic heterocycles. The molecule has 2 fully saturated rings. The van der Waals surface area contributed by atoms with Crippen LogP contribution in [0.4, 0.5) is 29.2 Å². The van der Waals surface area contributed by atoms with Crippen LogP contribution in [0.3, 0.4) is 0 Å². The molecule has 3 aliphatic rings. The van der Waals surface area contributed by atoms with Crippen molar-refractivity contribution in [2.45, 2.75) is 57.2 Å². The molecule has 1 unspecified atom stereocenters. The number of rotatable bonds is 7. The number of carbonyl (C=O) groups is 1. The van der Waals surface area contributed by atoms with Crippen LogP contribution in [0.1, 0.15) is 47.0 Å². The van der Waals surface area contributed by atoms with Gasteiger partial charge in [-0.15, -0.1) is 0 Å². The number of nitrogens with zero attached hydrogens (tertiary/aromatic N) is 7. The van der Waals surface area contributed by atoms with Crippen LogP contribution in [-0.2, 0) is 28.7 Å². The number of halogens is 4. The lowest BCUT2D eigenvalue weighted by Gasteiger charge is -2.40. The number of nitrogen functional groups attached to an aromatic ring is 1. The first-order chi connectivity index (χ1) is 20.9. The van der Waals surface area contributed by atoms with Crippen LogP contribution in [0.25, 0.3) is 4.85 Å². The van der Waals surface area contributed by atoms with Gasteiger partial charge in [0.1, 0.15) is 30.4 Å². The molecule has 11 nitrogen and oxygen atoms in total. The van der Waals surface area contributed by atoms with Gasteiger partial charge in [-0.2, -0.15) is 23.1 Å². The molecule has 0 aromatic carbocycles. The quantitative estimate of drug-likeness (QED) is 0.283. The number of amides is 1. The van der Waals surface area contributed by atoms with Gasteiger partial charge in [0.2, 0.25) is 6.54 Å². The van der Waals surface area contributed by atoms with Gasteiger partial charge in [-0.25, -0.2) is 15.9 Å². The number of nitrogens with two attached hydrogens (primary N) is 1. The normalized spacial score (nSPS) is 22.4. The van der Waals surface area contributed by atoms with Crippen LogP contribution >= 0.6 is 0 Å². The standard InChI is InChI=1S/C29H34F4N8O3/c1-16-10-23(34)37-25(24(16)29(31,32)33)22-11-21-20(15-43-22)26(38-28(36-21)44-14-18-6-5-7-39(18)4)40-8-9-41(27(42)17(2)30)19(13-40)12-35-3/h10,18-19,22H,2,5-9,11-15H2,1,4H3,(H2,34,37)/t18-,19-,22?/m0/s1. The lowest BCUT2D eigenvalue weighted by atomic mass is 9.96. The van der Waals surface area contributed by atoms with Crippen molar-refractivity contribution in [3.8, 4) is 6.01 Å². The number of aromatic nitrogens is 3. The minimum absolute atomic E-state index is 0.0465. The summed E-state index contributed by atoms with van der Waals surface area (Å²) < 4.78 is 68.1. The summed E-state index contributed by atoms with van der Waals surface area (Å²) in [7, 11) is 2.01. The van der Waals surface area contributed by atoms with Crippen LogP contribution in [-0.4, -0.2) is 89.1 Å². The van der Waals surface area contributed by atoms with Crippen LogP contribution < -0.4 is 15.4 Å². The van der Waals surface area contributed by atoms with E-state index in [0.29, 0.717) is 23.7 Å². The Morgan fingerprint density at radius 2 is 2.02 bits per heavy atom. The predicted molar refractivity (Wildman–Crippen MR) is 152 cm³/mol. The van der Waals surface area contributed by atoms with Crippen LogP contribution in [0.5, 0.6) is 6.01 Å². The van der Waals surface area contributed by atoms with Crippen molar-refractivity contribution in [1.29, 1.82) is 0 Å². The first-order valence-corrected chi connectivity index (χ1v) is 14.3. The highest BCUT2D eigenvalue weighted by atomic mass is 19.4. The topological polar surface area (TPSA) is 114 Å². The summed E-state index contributed by atoms with van der Waals surface area (Å²) in [6, 6.07) is 0.756. The number of alkyl halides is 3. The zero-order valence-electron chi connectivity index (χ0n) is 24.5. The van der Waals surface area contributed by atoms with E-state index in [0.717, 1.165) is 19.4 Å². The largest absolute Gasteiger partial charge is 0.462 e. The second-order valence-corrected chi connectivity index (χ2v) is 11.3. The molecule has 1 amide bonds. The molecule has 0 saturated carbocycles. The number of likely N-dealkylation sites (tertiary alicyclic amines) is 1. The number of fused-ring (bicyclic) bond motifs is 1. The summed E-state index contributed by atoms with van der Waals surface area (Å²) in [4.78, 5) is 34.5. The van der Waals surface area contributed by atoms with Crippen molar-refractivity contribution in [1.82, 2.24) is 24.8 Å². The highest BCUT2D eigenvalue weighted by molar-refractivity contribution is 5.91. The molecule has 2 aromatic heterocycles. The van der Waals surface area contributed by atoms with Gasteiger partial charge in [0.25, 0.3) is 5.91 Å². The third-order valence-electron chi connectivity index (χ3n) is 8.36. The Bertz CT molecular complexity index is 1480. The Balaban J connectivity index is 1.50. The van der Waals surface area contributed by atoms with E-state index in [2.05, 4.69) is 31.3 Å². The van der Waals surface area contributed by atoms with Crippen molar-refractivity contribution < 1.29 is 31.8 Å². The zero-order chi connectivity index (χ0) is 31.8. The molecule has 0 bridgehead atoms. The summed E-state index contributed by atoms with van der Waals surface area (Å²) in [5, 5.41) is 0. The van der Waals surface area contributed by atoms with E-state index in [-0.39, 0.29) is 68.3 Å². The Kier molecular flexibility index (Phi) is 8.94. The molecule has 5 rings (SSSR count). The molecule has 2 saturated heterocycles. The smallest absolute Gasteiger partial charge is 0.418 e. The highest BCUT2D eigenvalue weighted by Gasteiger charge is 2.41. The van der Waals surface area contributed by atoms with Gasteiger partial charge in [-0.3, -0.25) is 4.79 Å². The fraction of sp³-hybridized carbons (Fsp3) is 0.552. The van der Waals surface area contributed by atoms with Crippen molar-refractivity contribution >= 4 is 17.5 Å². The Hall–Kier alpha value is -4.03. The molecule has 15 heteroatoms. The molecule has 0 radical (unpaired) electrons. The van der Waals surface area contributed by atoms with E-state index in [1.54, 1.807) is 0 Å². The zero-order valence-corrected chi connectivity index (χ0v) is 24.5. The van der Waals surface area contributed by atoms with Gasteiger partial charge in [0.05, 0.1) is 23.6 Å². The summed E-state index contributed by atoms with van der Waals surface area (Å²) >= 11 is 0. The first kappa shape index (κ1) is 31.4. The third kappa shape index (κ3) is 6.41. The fourth-order valence-electron chi connectivity index (χ4n) is 6.15. The molecule has 236 valence electrons. The molecule has 0 aliphatic carbocycles. The average molecular weight is 619 g/mol. The van der Waals surface area contributed by atoms with Gasteiger partial charge >= 0.3 is 12.2 Å². The van der Waals surface area contributed by atoms with Crippen LogP contribution in [0, 0.1) is 13.5 Å². The molecule has 0 spiro atoms. The van der Waals surface area contributed by atoms with E-state index in [1.807, 2.05) is 11.9 Å². The monoisotopic (exact) mass is 618 g/mol. The summed E-state index contributed by atoms with van der Waals surface area (Å²) in [6.07, 6.45) is -3.83. The SMILES string of the molecule is [C-]#[N+]C[C@H]1CN(c2nc(OC[C@@H]3CCCN3C)nc3c2COC(c2nc(N)cc(C)c2C(F)(F)F)C3)CCN1C(=O)C(=C)F. The number of likely N-dealkylation sites (N-methyl/N-ethyl adjacent to an activating group) is 1. The van der Waals surface area contributed by atoms with Crippen molar-refractivity contribution in [3.05, 3.63) is 58.0 Å². The summed E-state index contributed by atoms with van der Waals surface area (Å²) in [5.41, 5.74) is 5.57. The maximum atomic E-state index is 14.1.